The number of aryl methyl sites for hydroxylation is 2. The Morgan fingerprint density at radius 3 is 2.26 bits per heavy atom. The molecule has 1 aromatic heterocycles. The molecule has 0 atom stereocenters. The summed E-state index contributed by atoms with van der Waals surface area (Å²) in [4.78, 5) is 20.3. The maximum atomic E-state index is 14.1. The number of benzene rings is 3. The number of amides is 1. The summed E-state index contributed by atoms with van der Waals surface area (Å²) in [7, 11) is 3.24. The number of carbonyl (C=O) groups excluding carboxylic acids is 1. The lowest BCUT2D eigenvalue weighted by Crippen LogP contribution is -2.30. The van der Waals surface area contributed by atoms with Crippen molar-refractivity contribution in [2.24, 2.45) is 0 Å². The van der Waals surface area contributed by atoms with Gasteiger partial charge in [-0.2, -0.15) is 0 Å². The summed E-state index contributed by atoms with van der Waals surface area (Å²) in [5, 5.41) is 0. The molecule has 0 aliphatic carbocycles. The average Bonchev–Trinajstić information content (AvgIpc) is 3.24. The van der Waals surface area contributed by atoms with Crippen LogP contribution in [0, 0.1) is 19.7 Å². The van der Waals surface area contributed by atoms with Gasteiger partial charge in [0.1, 0.15) is 23.1 Å². The molecule has 0 fully saturated rings. The molecule has 7 heteroatoms. The predicted molar refractivity (Wildman–Crippen MR) is 145 cm³/mol. The van der Waals surface area contributed by atoms with Crippen molar-refractivity contribution in [3.8, 4) is 22.6 Å². The van der Waals surface area contributed by atoms with Crippen LogP contribution >= 0.6 is 0 Å². The minimum atomic E-state index is -0.265. The molecule has 0 saturated carbocycles. The fourth-order valence-corrected chi connectivity index (χ4v) is 5.27. The van der Waals surface area contributed by atoms with Crippen molar-refractivity contribution in [3.05, 3.63) is 100 Å². The smallest absolute Gasteiger partial charge is 0.254 e. The highest BCUT2D eigenvalue weighted by atomic mass is 19.1. The molecule has 0 unspecified atom stereocenters. The lowest BCUT2D eigenvalue weighted by molar-refractivity contribution is 0.0748. The van der Waals surface area contributed by atoms with Gasteiger partial charge in [-0.05, 0) is 96.5 Å². The van der Waals surface area contributed by atoms with E-state index < -0.39 is 0 Å². The Balaban J connectivity index is 1.59. The van der Waals surface area contributed by atoms with Crippen LogP contribution in [-0.4, -0.2) is 41.1 Å². The second-order valence-corrected chi connectivity index (χ2v) is 9.78. The Morgan fingerprint density at radius 1 is 0.895 bits per heavy atom. The first-order valence-electron chi connectivity index (χ1n) is 12.8. The molecule has 2 heterocycles. The van der Waals surface area contributed by atoms with E-state index in [1.54, 1.807) is 26.5 Å². The minimum Gasteiger partial charge on any atom is -0.497 e. The molecule has 3 aromatic carbocycles. The molecule has 1 amide bonds. The van der Waals surface area contributed by atoms with Crippen LogP contribution in [0.3, 0.4) is 0 Å². The van der Waals surface area contributed by atoms with Gasteiger partial charge < -0.3 is 18.9 Å². The van der Waals surface area contributed by atoms with E-state index in [9.17, 15) is 9.18 Å². The van der Waals surface area contributed by atoms with Crippen LogP contribution in [0.25, 0.3) is 11.1 Å². The van der Waals surface area contributed by atoms with Crippen molar-refractivity contribution in [1.29, 1.82) is 0 Å². The summed E-state index contributed by atoms with van der Waals surface area (Å²) in [5.41, 5.74) is 6.45. The fraction of sp³-hybridized carbons (Fsp3) is 0.290. The number of rotatable bonds is 7. The number of ether oxygens (including phenoxy) is 2. The van der Waals surface area contributed by atoms with E-state index >= 15 is 0 Å². The lowest BCUT2D eigenvalue weighted by Gasteiger charge is -2.23. The van der Waals surface area contributed by atoms with Crippen LogP contribution in [-0.2, 0) is 19.5 Å². The number of aromatic nitrogens is 2. The highest BCUT2D eigenvalue weighted by Gasteiger charge is 2.26. The van der Waals surface area contributed by atoms with E-state index in [2.05, 4.69) is 15.6 Å². The normalized spacial score (nSPS) is 13.3. The monoisotopic (exact) mass is 513 g/mol. The molecule has 4 aromatic rings. The third kappa shape index (κ3) is 5.14. The Kier molecular flexibility index (Phi) is 7.18. The third-order valence-electron chi connectivity index (χ3n) is 7.22. The summed E-state index contributed by atoms with van der Waals surface area (Å²) in [6.07, 6.45) is 5.30. The maximum absolute atomic E-state index is 14.1. The second-order valence-electron chi connectivity index (χ2n) is 9.78. The molecule has 38 heavy (non-hydrogen) atoms. The van der Waals surface area contributed by atoms with Gasteiger partial charge in [0.2, 0.25) is 0 Å². The number of fused-ring (bicyclic) bond motifs is 1. The van der Waals surface area contributed by atoms with Crippen molar-refractivity contribution in [1.82, 2.24) is 14.5 Å². The van der Waals surface area contributed by atoms with Crippen LogP contribution in [0.5, 0.6) is 11.5 Å². The van der Waals surface area contributed by atoms with Crippen molar-refractivity contribution in [2.75, 3.05) is 20.8 Å². The Labute approximate surface area is 222 Å². The van der Waals surface area contributed by atoms with Crippen molar-refractivity contribution in [2.45, 2.75) is 39.8 Å². The predicted octanol–water partition coefficient (Wildman–Crippen LogP) is 5.96. The molecule has 0 saturated heterocycles. The first kappa shape index (κ1) is 25.5. The number of methoxy groups -OCH3 is 2. The van der Waals surface area contributed by atoms with E-state index in [4.69, 9.17) is 9.47 Å². The van der Waals surface area contributed by atoms with Gasteiger partial charge in [-0.25, -0.2) is 9.37 Å². The van der Waals surface area contributed by atoms with E-state index in [1.807, 2.05) is 55.3 Å². The SMILES string of the molecule is COc1cc(CN2CCCc3c(cc(Cn4ccnc4C)cc3-c3ccc(F)cc3C)C2=O)cc(OC)c1. The quantitative estimate of drug-likeness (QED) is 0.306. The molecule has 0 radical (unpaired) electrons. The van der Waals surface area contributed by atoms with Crippen molar-refractivity contribution >= 4 is 5.91 Å². The van der Waals surface area contributed by atoms with Gasteiger partial charge in [-0.3, -0.25) is 4.79 Å². The molecule has 196 valence electrons. The summed E-state index contributed by atoms with van der Waals surface area (Å²) >= 11 is 0. The van der Waals surface area contributed by atoms with Gasteiger partial charge in [-0.15, -0.1) is 0 Å². The largest absolute Gasteiger partial charge is 0.497 e. The van der Waals surface area contributed by atoms with Gasteiger partial charge in [0.05, 0.1) is 14.2 Å². The zero-order valence-electron chi connectivity index (χ0n) is 22.3. The van der Waals surface area contributed by atoms with E-state index in [0.717, 1.165) is 52.0 Å². The Bertz CT molecular complexity index is 1470. The van der Waals surface area contributed by atoms with E-state index in [1.165, 1.54) is 6.07 Å². The molecule has 0 N–H and O–H groups in total. The molecule has 0 spiro atoms. The van der Waals surface area contributed by atoms with Gasteiger partial charge in [0.15, 0.2) is 0 Å². The second kappa shape index (κ2) is 10.7. The van der Waals surface area contributed by atoms with Crippen LogP contribution in [0.4, 0.5) is 4.39 Å². The van der Waals surface area contributed by atoms with Crippen LogP contribution < -0.4 is 9.47 Å². The first-order valence-corrected chi connectivity index (χ1v) is 12.8. The van der Waals surface area contributed by atoms with Crippen molar-refractivity contribution < 1.29 is 18.7 Å². The lowest BCUT2D eigenvalue weighted by atomic mass is 9.88. The van der Waals surface area contributed by atoms with Crippen molar-refractivity contribution in [3.63, 3.8) is 0 Å². The van der Waals surface area contributed by atoms with E-state index in [-0.39, 0.29) is 11.7 Å². The maximum Gasteiger partial charge on any atom is 0.254 e. The topological polar surface area (TPSA) is 56.6 Å². The number of imidazole rings is 1. The number of halogens is 1. The average molecular weight is 514 g/mol. The minimum absolute atomic E-state index is 0.00972. The highest BCUT2D eigenvalue weighted by Crippen LogP contribution is 2.35. The van der Waals surface area contributed by atoms with Gasteiger partial charge in [-0.1, -0.05) is 6.07 Å². The van der Waals surface area contributed by atoms with Gasteiger partial charge in [0, 0.05) is 43.7 Å². The number of hydrogen-bond donors (Lipinski definition) is 0. The molecule has 0 bridgehead atoms. The van der Waals surface area contributed by atoms with Crippen LogP contribution in [0.1, 0.15) is 44.9 Å². The molecular formula is C31H32FN3O3. The molecule has 1 aliphatic rings. The summed E-state index contributed by atoms with van der Waals surface area (Å²) in [6, 6.07) is 14.7. The number of hydrogen-bond acceptors (Lipinski definition) is 4. The van der Waals surface area contributed by atoms with Crippen LogP contribution in [0.2, 0.25) is 0 Å². The van der Waals surface area contributed by atoms with E-state index in [0.29, 0.717) is 36.7 Å². The zero-order valence-corrected chi connectivity index (χ0v) is 22.3. The van der Waals surface area contributed by atoms with Gasteiger partial charge in [0.25, 0.3) is 5.91 Å². The highest BCUT2D eigenvalue weighted by molar-refractivity contribution is 5.98. The standard InChI is InChI=1S/C31H32FN3O3/c1-20-12-24(32)7-8-27(20)29-15-23(18-34-11-9-33-21(34)2)16-30-28(29)6-5-10-35(31(30)36)19-22-13-25(37-3)17-26(14-22)38-4/h7-9,11-17H,5-6,10,18-19H2,1-4H3. The number of nitrogens with zero attached hydrogens (tertiary/aromatic N) is 3. The van der Waals surface area contributed by atoms with Crippen LogP contribution in [0.15, 0.2) is 60.9 Å². The third-order valence-corrected chi connectivity index (χ3v) is 7.22. The Hall–Kier alpha value is -4.13. The number of carbonyl (C=O) groups is 1. The summed E-state index contributed by atoms with van der Waals surface area (Å²) in [5.74, 6) is 2.01. The Morgan fingerprint density at radius 2 is 1.61 bits per heavy atom. The molecule has 6 nitrogen and oxygen atoms in total. The zero-order chi connectivity index (χ0) is 26.8. The van der Waals surface area contributed by atoms with Gasteiger partial charge >= 0.3 is 0 Å². The molecular weight excluding hydrogens is 481 g/mol. The molecule has 1 aliphatic heterocycles. The molecule has 5 rings (SSSR count). The summed E-state index contributed by atoms with van der Waals surface area (Å²) in [6.45, 7) is 5.54. The summed E-state index contributed by atoms with van der Waals surface area (Å²) < 4.78 is 26.9. The fourth-order valence-electron chi connectivity index (χ4n) is 5.27. The first-order chi connectivity index (χ1) is 18.4.